The number of nitrogens with two attached hydrogens (primary N) is 1. The zero-order chi connectivity index (χ0) is 9.26. The smallest absolute Gasteiger partial charge is 0.0632 e. The molecule has 1 aromatic rings. The Morgan fingerprint density at radius 1 is 1.54 bits per heavy atom. The van der Waals surface area contributed by atoms with Gasteiger partial charge in [0.25, 0.3) is 0 Å². The summed E-state index contributed by atoms with van der Waals surface area (Å²) in [7, 11) is 0. The molecule has 3 N–H and O–H groups in total. The molecule has 1 aliphatic carbocycles. The van der Waals surface area contributed by atoms with Gasteiger partial charge in [-0.15, -0.1) is 0 Å². The van der Waals surface area contributed by atoms with Gasteiger partial charge < -0.3 is 5.73 Å². The van der Waals surface area contributed by atoms with Crippen LogP contribution in [0.25, 0.3) is 0 Å². The fourth-order valence-electron chi connectivity index (χ4n) is 2.06. The van der Waals surface area contributed by atoms with Crippen molar-refractivity contribution in [1.82, 2.24) is 10.2 Å². The van der Waals surface area contributed by atoms with E-state index in [2.05, 4.69) is 26.1 Å². The highest BCUT2D eigenvalue weighted by atomic mass is 79.9. The van der Waals surface area contributed by atoms with E-state index in [1.807, 2.05) is 6.20 Å². The zero-order valence-corrected chi connectivity index (χ0v) is 9.05. The first-order valence-corrected chi connectivity index (χ1v) is 5.51. The van der Waals surface area contributed by atoms with Gasteiger partial charge in [0.15, 0.2) is 0 Å². The topological polar surface area (TPSA) is 54.7 Å². The summed E-state index contributed by atoms with van der Waals surface area (Å²) in [5.74, 6) is 0.570. The van der Waals surface area contributed by atoms with Crippen LogP contribution in [0.1, 0.15) is 37.3 Å². The Bertz CT molecular complexity index is 284. The monoisotopic (exact) mass is 243 g/mol. The number of nitrogens with zero attached hydrogens (tertiary/aromatic N) is 1. The van der Waals surface area contributed by atoms with Gasteiger partial charge in [-0.3, -0.25) is 5.10 Å². The van der Waals surface area contributed by atoms with Crippen molar-refractivity contribution in [2.24, 2.45) is 5.73 Å². The van der Waals surface area contributed by atoms with Crippen LogP contribution in [0.2, 0.25) is 0 Å². The molecular formula is C9H14BrN3. The third-order valence-corrected chi connectivity index (χ3v) is 3.38. The van der Waals surface area contributed by atoms with Gasteiger partial charge in [0.1, 0.15) is 0 Å². The SMILES string of the molecule is NC1CCCC(c2[nH]ncc2Br)C1. The second kappa shape index (κ2) is 3.80. The van der Waals surface area contributed by atoms with E-state index in [0.29, 0.717) is 12.0 Å². The minimum Gasteiger partial charge on any atom is -0.328 e. The second-order valence-electron chi connectivity index (χ2n) is 3.76. The Morgan fingerprint density at radius 3 is 3.00 bits per heavy atom. The first-order chi connectivity index (χ1) is 6.27. The van der Waals surface area contributed by atoms with E-state index >= 15 is 0 Å². The van der Waals surface area contributed by atoms with Gasteiger partial charge in [-0.25, -0.2) is 0 Å². The van der Waals surface area contributed by atoms with Gasteiger partial charge in [0, 0.05) is 12.0 Å². The predicted octanol–water partition coefficient (Wildman–Crippen LogP) is 2.16. The molecule has 3 nitrogen and oxygen atoms in total. The minimum atomic E-state index is 0.369. The quantitative estimate of drug-likeness (QED) is 0.795. The number of aromatic nitrogens is 2. The number of hydrogen-bond acceptors (Lipinski definition) is 2. The van der Waals surface area contributed by atoms with Crippen molar-refractivity contribution in [1.29, 1.82) is 0 Å². The Kier molecular flexibility index (Phi) is 2.69. The largest absolute Gasteiger partial charge is 0.328 e. The van der Waals surface area contributed by atoms with E-state index in [0.717, 1.165) is 10.9 Å². The molecule has 2 rings (SSSR count). The van der Waals surface area contributed by atoms with Crippen LogP contribution >= 0.6 is 15.9 Å². The maximum absolute atomic E-state index is 5.93. The van der Waals surface area contributed by atoms with Gasteiger partial charge >= 0.3 is 0 Å². The van der Waals surface area contributed by atoms with Gasteiger partial charge in [0.05, 0.1) is 16.4 Å². The number of H-pyrrole nitrogens is 1. The van der Waals surface area contributed by atoms with Crippen LogP contribution in [0.3, 0.4) is 0 Å². The molecule has 1 heterocycles. The third-order valence-electron chi connectivity index (χ3n) is 2.74. The van der Waals surface area contributed by atoms with Crippen molar-refractivity contribution < 1.29 is 0 Å². The van der Waals surface area contributed by atoms with E-state index < -0.39 is 0 Å². The number of halogens is 1. The third kappa shape index (κ3) is 1.94. The minimum absolute atomic E-state index is 0.369. The van der Waals surface area contributed by atoms with Crippen LogP contribution < -0.4 is 5.73 Å². The highest BCUT2D eigenvalue weighted by Gasteiger charge is 2.23. The Balaban J connectivity index is 2.12. The Hall–Kier alpha value is -0.350. The summed E-state index contributed by atoms with van der Waals surface area (Å²) in [4.78, 5) is 0. The molecule has 0 saturated heterocycles. The molecule has 1 aliphatic rings. The van der Waals surface area contributed by atoms with Crippen molar-refractivity contribution in [2.45, 2.75) is 37.6 Å². The van der Waals surface area contributed by atoms with Gasteiger partial charge in [-0.2, -0.15) is 5.10 Å². The molecule has 13 heavy (non-hydrogen) atoms. The molecule has 0 aliphatic heterocycles. The number of hydrogen-bond donors (Lipinski definition) is 2. The summed E-state index contributed by atoms with van der Waals surface area (Å²) >= 11 is 3.49. The maximum Gasteiger partial charge on any atom is 0.0632 e. The lowest BCUT2D eigenvalue weighted by molar-refractivity contribution is 0.387. The fourth-order valence-corrected chi connectivity index (χ4v) is 2.57. The van der Waals surface area contributed by atoms with Crippen LogP contribution in [0.5, 0.6) is 0 Å². The molecule has 1 aromatic heterocycles. The highest BCUT2D eigenvalue weighted by molar-refractivity contribution is 9.10. The molecule has 0 spiro atoms. The normalized spacial score (nSPS) is 29.1. The fraction of sp³-hybridized carbons (Fsp3) is 0.667. The van der Waals surface area contributed by atoms with Gasteiger partial charge in [-0.05, 0) is 35.2 Å². The highest BCUT2D eigenvalue weighted by Crippen LogP contribution is 2.34. The van der Waals surface area contributed by atoms with E-state index in [4.69, 9.17) is 5.73 Å². The van der Waals surface area contributed by atoms with Crippen molar-refractivity contribution in [3.05, 3.63) is 16.4 Å². The Labute approximate surface area is 86.2 Å². The van der Waals surface area contributed by atoms with Crippen LogP contribution in [0, 0.1) is 0 Å². The number of aromatic amines is 1. The average molecular weight is 244 g/mol. The standard InChI is InChI=1S/C9H14BrN3/c10-8-5-12-13-9(8)6-2-1-3-7(11)4-6/h5-7H,1-4,11H2,(H,12,13). The van der Waals surface area contributed by atoms with Crippen molar-refractivity contribution >= 4 is 15.9 Å². The molecule has 2 unspecified atom stereocenters. The van der Waals surface area contributed by atoms with Crippen molar-refractivity contribution in [3.63, 3.8) is 0 Å². The van der Waals surface area contributed by atoms with Crippen molar-refractivity contribution in [3.8, 4) is 0 Å². The molecule has 72 valence electrons. The molecule has 0 aromatic carbocycles. The molecule has 4 heteroatoms. The lowest BCUT2D eigenvalue weighted by Gasteiger charge is -2.25. The zero-order valence-electron chi connectivity index (χ0n) is 7.46. The lowest BCUT2D eigenvalue weighted by atomic mass is 9.84. The second-order valence-corrected chi connectivity index (χ2v) is 4.61. The lowest BCUT2D eigenvalue weighted by Crippen LogP contribution is -2.27. The molecule has 2 atom stereocenters. The summed E-state index contributed by atoms with van der Waals surface area (Å²) in [6.45, 7) is 0. The molecule has 1 fully saturated rings. The van der Waals surface area contributed by atoms with Crippen LogP contribution in [-0.4, -0.2) is 16.2 Å². The van der Waals surface area contributed by atoms with E-state index in [9.17, 15) is 0 Å². The molecule has 0 radical (unpaired) electrons. The first-order valence-electron chi connectivity index (χ1n) is 4.71. The first kappa shape index (κ1) is 9.21. The van der Waals surface area contributed by atoms with Crippen LogP contribution in [0.4, 0.5) is 0 Å². The summed E-state index contributed by atoms with van der Waals surface area (Å²) in [5.41, 5.74) is 7.15. The maximum atomic E-state index is 5.93. The molecular weight excluding hydrogens is 230 g/mol. The summed E-state index contributed by atoms with van der Waals surface area (Å²) in [6, 6.07) is 0.369. The number of nitrogens with one attached hydrogen (secondary N) is 1. The molecule has 1 saturated carbocycles. The van der Waals surface area contributed by atoms with Gasteiger partial charge in [0.2, 0.25) is 0 Å². The molecule has 0 amide bonds. The Morgan fingerprint density at radius 2 is 2.38 bits per heavy atom. The van der Waals surface area contributed by atoms with E-state index in [1.165, 1.54) is 25.0 Å². The van der Waals surface area contributed by atoms with Crippen molar-refractivity contribution in [2.75, 3.05) is 0 Å². The van der Waals surface area contributed by atoms with E-state index in [1.54, 1.807) is 0 Å². The predicted molar refractivity (Wildman–Crippen MR) is 55.5 cm³/mol. The molecule has 0 bridgehead atoms. The van der Waals surface area contributed by atoms with Crippen LogP contribution in [0.15, 0.2) is 10.7 Å². The summed E-state index contributed by atoms with van der Waals surface area (Å²) < 4.78 is 1.09. The summed E-state index contributed by atoms with van der Waals surface area (Å²) in [6.07, 6.45) is 6.53. The number of rotatable bonds is 1. The van der Waals surface area contributed by atoms with E-state index in [-0.39, 0.29) is 0 Å². The van der Waals surface area contributed by atoms with Gasteiger partial charge in [-0.1, -0.05) is 6.42 Å². The average Bonchev–Trinajstić information content (AvgIpc) is 2.51. The van der Waals surface area contributed by atoms with Crippen LogP contribution in [-0.2, 0) is 0 Å². The summed E-state index contributed by atoms with van der Waals surface area (Å²) in [5, 5.41) is 7.05.